The molecule has 1 rings (SSSR count). The number of nitrogens with two attached hydrogens (primary N) is 1. The minimum atomic E-state index is -4.71. The zero-order valence-corrected chi connectivity index (χ0v) is 11.7. The van der Waals surface area contributed by atoms with Crippen molar-refractivity contribution in [2.75, 3.05) is 13.1 Å². The van der Waals surface area contributed by atoms with Crippen molar-refractivity contribution in [1.82, 2.24) is 5.32 Å². The van der Waals surface area contributed by atoms with Gasteiger partial charge in [0.1, 0.15) is 5.75 Å². The number of hydrogen-bond donors (Lipinski definition) is 2. The zero-order chi connectivity index (χ0) is 15.9. The number of nitrogens with one attached hydrogen (secondary N) is 1. The summed E-state index contributed by atoms with van der Waals surface area (Å²) < 4.78 is 39.9. The highest BCUT2D eigenvalue weighted by Crippen LogP contribution is 2.23. The number of ether oxygens (including phenoxy) is 1. The molecule has 1 unspecified atom stereocenters. The third-order valence-electron chi connectivity index (χ3n) is 2.84. The second-order valence-corrected chi connectivity index (χ2v) is 4.62. The van der Waals surface area contributed by atoms with Gasteiger partial charge in [0.15, 0.2) is 0 Å². The number of rotatable bonds is 7. The molecule has 3 N–H and O–H groups in total. The SMILES string of the molecule is CCCNC(=O)C(CN)Cc1ccc(OC(F)(F)F)cc1. The van der Waals surface area contributed by atoms with Gasteiger partial charge in [-0.2, -0.15) is 0 Å². The van der Waals surface area contributed by atoms with Gasteiger partial charge in [-0.1, -0.05) is 19.1 Å². The van der Waals surface area contributed by atoms with Gasteiger partial charge >= 0.3 is 6.36 Å². The fourth-order valence-corrected chi connectivity index (χ4v) is 1.79. The summed E-state index contributed by atoms with van der Waals surface area (Å²) in [6, 6.07) is 5.44. The van der Waals surface area contributed by atoms with Gasteiger partial charge in [-0.05, 0) is 30.5 Å². The first kappa shape index (κ1) is 17.3. The van der Waals surface area contributed by atoms with Crippen molar-refractivity contribution >= 4 is 5.91 Å². The summed E-state index contributed by atoms with van der Waals surface area (Å²) in [5, 5.41) is 2.75. The van der Waals surface area contributed by atoms with Gasteiger partial charge in [0.25, 0.3) is 0 Å². The number of carbonyl (C=O) groups is 1. The van der Waals surface area contributed by atoms with E-state index in [2.05, 4.69) is 10.1 Å². The molecule has 0 radical (unpaired) electrons. The molecule has 1 amide bonds. The molecule has 0 saturated carbocycles. The Labute approximate surface area is 121 Å². The third kappa shape index (κ3) is 6.48. The molecule has 0 fully saturated rings. The summed E-state index contributed by atoms with van der Waals surface area (Å²) in [6.45, 7) is 2.70. The van der Waals surface area contributed by atoms with Gasteiger partial charge in [-0.3, -0.25) is 4.79 Å². The van der Waals surface area contributed by atoms with Crippen LogP contribution in [-0.4, -0.2) is 25.4 Å². The lowest BCUT2D eigenvalue weighted by Gasteiger charge is -2.15. The van der Waals surface area contributed by atoms with E-state index in [4.69, 9.17) is 5.73 Å². The Hall–Kier alpha value is -1.76. The number of hydrogen-bond acceptors (Lipinski definition) is 3. The number of amides is 1. The van der Waals surface area contributed by atoms with Crippen molar-refractivity contribution in [3.05, 3.63) is 29.8 Å². The Morgan fingerprint density at radius 2 is 1.95 bits per heavy atom. The fourth-order valence-electron chi connectivity index (χ4n) is 1.79. The molecule has 0 aliphatic carbocycles. The lowest BCUT2D eigenvalue weighted by molar-refractivity contribution is -0.274. The molecule has 118 valence electrons. The van der Waals surface area contributed by atoms with E-state index in [-0.39, 0.29) is 18.2 Å². The van der Waals surface area contributed by atoms with E-state index >= 15 is 0 Å². The van der Waals surface area contributed by atoms with Crippen molar-refractivity contribution in [2.24, 2.45) is 11.7 Å². The number of alkyl halides is 3. The number of benzene rings is 1. The third-order valence-corrected chi connectivity index (χ3v) is 2.84. The highest BCUT2D eigenvalue weighted by Gasteiger charge is 2.31. The molecule has 1 aromatic rings. The van der Waals surface area contributed by atoms with Gasteiger partial charge in [0.2, 0.25) is 5.91 Å². The molecule has 0 saturated heterocycles. The highest BCUT2D eigenvalue weighted by molar-refractivity contribution is 5.79. The molecular formula is C14H19F3N2O2. The van der Waals surface area contributed by atoms with E-state index in [0.717, 1.165) is 12.0 Å². The van der Waals surface area contributed by atoms with Crippen molar-refractivity contribution < 1.29 is 22.7 Å². The van der Waals surface area contributed by atoms with Crippen molar-refractivity contribution in [3.63, 3.8) is 0 Å². The van der Waals surface area contributed by atoms with Crippen LogP contribution in [0, 0.1) is 5.92 Å². The Bertz CT molecular complexity index is 447. The zero-order valence-electron chi connectivity index (χ0n) is 11.7. The summed E-state index contributed by atoms with van der Waals surface area (Å²) in [5.74, 6) is -0.827. The second kappa shape index (κ2) is 7.87. The smallest absolute Gasteiger partial charge is 0.406 e. The first-order valence-electron chi connectivity index (χ1n) is 6.68. The molecule has 0 heterocycles. The molecule has 0 aliphatic rings. The maximum Gasteiger partial charge on any atom is 0.573 e. The predicted octanol–water partition coefficient (Wildman–Crippen LogP) is 2.23. The summed E-state index contributed by atoms with van der Waals surface area (Å²) in [4.78, 5) is 11.8. The van der Waals surface area contributed by atoms with Crippen LogP contribution >= 0.6 is 0 Å². The van der Waals surface area contributed by atoms with Gasteiger partial charge in [-0.25, -0.2) is 0 Å². The van der Waals surface area contributed by atoms with E-state index < -0.39 is 12.3 Å². The minimum absolute atomic E-state index is 0.144. The van der Waals surface area contributed by atoms with Crippen LogP contribution in [0.2, 0.25) is 0 Å². The Balaban J connectivity index is 2.62. The molecular weight excluding hydrogens is 285 g/mol. The maximum atomic E-state index is 12.0. The molecule has 1 aromatic carbocycles. The maximum absolute atomic E-state index is 12.0. The highest BCUT2D eigenvalue weighted by atomic mass is 19.4. The van der Waals surface area contributed by atoms with E-state index in [1.807, 2.05) is 6.92 Å². The summed E-state index contributed by atoms with van der Waals surface area (Å²) >= 11 is 0. The monoisotopic (exact) mass is 304 g/mol. The molecule has 0 aliphatic heterocycles. The largest absolute Gasteiger partial charge is 0.573 e. The van der Waals surface area contributed by atoms with Crippen LogP contribution in [0.15, 0.2) is 24.3 Å². The van der Waals surface area contributed by atoms with Crippen LogP contribution in [0.25, 0.3) is 0 Å². The lowest BCUT2D eigenvalue weighted by Crippen LogP contribution is -2.36. The molecule has 0 bridgehead atoms. The minimum Gasteiger partial charge on any atom is -0.406 e. The predicted molar refractivity (Wildman–Crippen MR) is 72.7 cm³/mol. The number of halogens is 3. The van der Waals surface area contributed by atoms with Crippen LogP contribution in [-0.2, 0) is 11.2 Å². The Kier molecular flexibility index (Phi) is 6.48. The first-order chi connectivity index (χ1) is 9.85. The van der Waals surface area contributed by atoms with Crippen LogP contribution in [0.5, 0.6) is 5.75 Å². The van der Waals surface area contributed by atoms with Gasteiger partial charge < -0.3 is 15.8 Å². The topological polar surface area (TPSA) is 64.4 Å². The first-order valence-corrected chi connectivity index (χ1v) is 6.68. The van der Waals surface area contributed by atoms with Crippen LogP contribution in [0.3, 0.4) is 0 Å². The molecule has 0 aromatic heterocycles. The molecule has 7 heteroatoms. The number of carbonyl (C=O) groups excluding carboxylic acids is 1. The molecule has 0 spiro atoms. The average molecular weight is 304 g/mol. The average Bonchev–Trinajstić information content (AvgIpc) is 2.42. The van der Waals surface area contributed by atoms with Gasteiger partial charge in [0, 0.05) is 13.1 Å². The second-order valence-electron chi connectivity index (χ2n) is 4.62. The van der Waals surface area contributed by atoms with Gasteiger partial charge in [0.05, 0.1) is 5.92 Å². The Morgan fingerprint density at radius 1 is 1.33 bits per heavy atom. The Morgan fingerprint density at radius 3 is 2.43 bits per heavy atom. The normalized spacial score (nSPS) is 12.8. The molecule has 4 nitrogen and oxygen atoms in total. The summed E-state index contributed by atoms with van der Waals surface area (Å²) in [5.41, 5.74) is 6.30. The fraction of sp³-hybridized carbons (Fsp3) is 0.500. The molecule has 1 atom stereocenters. The summed E-state index contributed by atoms with van der Waals surface area (Å²) in [7, 11) is 0. The quantitative estimate of drug-likeness (QED) is 0.812. The van der Waals surface area contributed by atoms with Crippen LogP contribution < -0.4 is 15.8 Å². The van der Waals surface area contributed by atoms with Crippen molar-refractivity contribution in [1.29, 1.82) is 0 Å². The van der Waals surface area contributed by atoms with E-state index in [0.29, 0.717) is 13.0 Å². The van der Waals surface area contributed by atoms with Crippen molar-refractivity contribution in [3.8, 4) is 5.75 Å². The van der Waals surface area contributed by atoms with E-state index in [9.17, 15) is 18.0 Å². The van der Waals surface area contributed by atoms with Crippen molar-refractivity contribution in [2.45, 2.75) is 26.1 Å². The lowest BCUT2D eigenvalue weighted by atomic mass is 9.98. The standard InChI is InChI=1S/C14H19F3N2O2/c1-2-7-19-13(20)11(9-18)8-10-3-5-12(6-4-10)21-14(15,16)17/h3-6,11H,2,7-9,18H2,1H3,(H,19,20). The molecule has 21 heavy (non-hydrogen) atoms. The summed E-state index contributed by atoms with van der Waals surface area (Å²) in [6.07, 6.45) is -3.51. The van der Waals surface area contributed by atoms with Gasteiger partial charge in [-0.15, -0.1) is 13.2 Å². The van der Waals surface area contributed by atoms with Crippen LogP contribution in [0.1, 0.15) is 18.9 Å². The van der Waals surface area contributed by atoms with E-state index in [1.165, 1.54) is 24.3 Å². The van der Waals surface area contributed by atoms with E-state index in [1.54, 1.807) is 0 Å². The van der Waals surface area contributed by atoms with Crippen LogP contribution in [0.4, 0.5) is 13.2 Å².